The fraction of sp³-hybridized carbons (Fsp3) is 0.833. The van der Waals surface area contributed by atoms with Crippen LogP contribution in [-0.4, -0.2) is 75.6 Å². The average Bonchev–Trinajstić information content (AvgIpc) is 2.39. The number of allylic oxidation sites excluding steroid dienone is 1. The summed E-state index contributed by atoms with van der Waals surface area (Å²) in [6.07, 6.45) is -3.43. The van der Waals surface area contributed by atoms with Crippen LogP contribution in [0, 0.1) is 0 Å². The molecule has 0 aliphatic carbocycles. The molecule has 1 aliphatic heterocycles. The minimum Gasteiger partial charge on any atom is -0.394 e. The van der Waals surface area contributed by atoms with Gasteiger partial charge in [0.15, 0.2) is 6.29 Å². The monoisotopic (exact) mass is 278 g/mol. The quantitative estimate of drug-likeness (QED) is 0.361. The first-order valence-corrected chi connectivity index (χ1v) is 6.24. The van der Waals surface area contributed by atoms with Gasteiger partial charge in [-0.25, -0.2) is 0 Å². The van der Waals surface area contributed by atoms with Crippen LogP contribution in [0.1, 0.15) is 13.3 Å². The second-order valence-electron chi connectivity index (χ2n) is 4.45. The van der Waals surface area contributed by atoms with Gasteiger partial charge in [-0.3, -0.25) is 0 Å². The molecule has 1 aliphatic rings. The molecule has 112 valence electrons. The third-order valence-corrected chi connectivity index (χ3v) is 2.96. The first-order valence-electron chi connectivity index (χ1n) is 6.24. The number of hydrogen-bond donors (Lipinski definition) is 5. The first kappa shape index (κ1) is 16.5. The number of aliphatic hydroxyl groups excluding tert-OH is 5. The van der Waals surface area contributed by atoms with Gasteiger partial charge >= 0.3 is 0 Å². The van der Waals surface area contributed by atoms with Crippen molar-refractivity contribution < 1.29 is 35.0 Å². The number of rotatable bonds is 6. The predicted octanol–water partition coefficient (Wildman–Crippen LogP) is -1.87. The number of aliphatic hydroxyl groups is 5. The molecule has 0 aromatic carbocycles. The molecule has 19 heavy (non-hydrogen) atoms. The van der Waals surface area contributed by atoms with Crippen LogP contribution in [0.5, 0.6) is 0 Å². The summed E-state index contributed by atoms with van der Waals surface area (Å²) in [6, 6.07) is 0. The van der Waals surface area contributed by atoms with Gasteiger partial charge in [0.05, 0.1) is 19.3 Å². The summed E-state index contributed by atoms with van der Waals surface area (Å²) in [4.78, 5) is 0. The Balaban J connectivity index is 2.44. The van der Waals surface area contributed by atoms with Crippen LogP contribution in [0.3, 0.4) is 0 Å². The Morgan fingerprint density at radius 1 is 1.21 bits per heavy atom. The van der Waals surface area contributed by atoms with E-state index in [1.165, 1.54) is 0 Å². The van der Waals surface area contributed by atoms with Crippen LogP contribution < -0.4 is 0 Å². The number of hydrogen-bond acceptors (Lipinski definition) is 7. The zero-order valence-corrected chi connectivity index (χ0v) is 10.8. The second kappa shape index (κ2) is 7.91. The van der Waals surface area contributed by atoms with Gasteiger partial charge in [0.1, 0.15) is 24.4 Å². The zero-order chi connectivity index (χ0) is 14.4. The molecule has 0 bridgehead atoms. The van der Waals surface area contributed by atoms with Crippen molar-refractivity contribution in [1.29, 1.82) is 0 Å². The fourth-order valence-corrected chi connectivity index (χ4v) is 1.83. The summed E-state index contributed by atoms with van der Waals surface area (Å²) >= 11 is 0. The highest BCUT2D eigenvalue weighted by Crippen LogP contribution is 2.22. The SMILES string of the molecule is C/C=C/C(O)CCOC1OC(CO)C(O)C(O)C1O. The molecule has 0 radical (unpaired) electrons. The summed E-state index contributed by atoms with van der Waals surface area (Å²) in [7, 11) is 0. The normalized spacial score (nSPS) is 37.7. The Bertz CT molecular complexity index is 281. The highest BCUT2D eigenvalue weighted by molar-refractivity contribution is 4.89. The molecule has 1 saturated heterocycles. The van der Waals surface area contributed by atoms with Gasteiger partial charge < -0.3 is 35.0 Å². The van der Waals surface area contributed by atoms with E-state index in [1.54, 1.807) is 19.1 Å². The average molecular weight is 278 g/mol. The van der Waals surface area contributed by atoms with Crippen molar-refractivity contribution in [3.63, 3.8) is 0 Å². The number of ether oxygens (including phenoxy) is 2. The Labute approximate surface area is 111 Å². The molecule has 6 atom stereocenters. The van der Waals surface area contributed by atoms with E-state index in [-0.39, 0.29) is 6.61 Å². The topological polar surface area (TPSA) is 120 Å². The van der Waals surface area contributed by atoms with Gasteiger partial charge in [-0.15, -0.1) is 0 Å². The maximum Gasteiger partial charge on any atom is 0.186 e. The minimum atomic E-state index is -1.45. The van der Waals surface area contributed by atoms with Crippen LogP contribution in [-0.2, 0) is 9.47 Å². The van der Waals surface area contributed by atoms with Crippen molar-refractivity contribution in [3.05, 3.63) is 12.2 Å². The predicted molar refractivity (Wildman–Crippen MR) is 65.2 cm³/mol. The molecule has 7 heteroatoms. The third kappa shape index (κ3) is 4.50. The lowest BCUT2D eigenvalue weighted by Gasteiger charge is -2.39. The molecule has 5 N–H and O–H groups in total. The second-order valence-corrected chi connectivity index (χ2v) is 4.45. The van der Waals surface area contributed by atoms with Crippen LogP contribution in [0.15, 0.2) is 12.2 Å². The van der Waals surface area contributed by atoms with E-state index < -0.39 is 43.4 Å². The van der Waals surface area contributed by atoms with E-state index in [4.69, 9.17) is 14.6 Å². The van der Waals surface area contributed by atoms with Crippen molar-refractivity contribution >= 4 is 0 Å². The Kier molecular flexibility index (Phi) is 6.87. The summed E-state index contributed by atoms with van der Waals surface area (Å²) in [5, 5.41) is 47.2. The molecular formula is C12H22O7. The molecule has 0 spiro atoms. The van der Waals surface area contributed by atoms with Gasteiger partial charge in [-0.2, -0.15) is 0 Å². The first-order chi connectivity index (χ1) is 9.01. The molecule has 1 fully saturated rings. The third-order valence-electron chi connectivity index (χ3n) is 2.96. The summed E-state index contributed by atoms with van der Waals surface area (Å²) in [6.45, 7) is 1.39. The lowest BCUT2D eigenvalue weighted by molar-refractivity contribution is -0.301. The standard InChI is InChI=1S/C12H22O7/c1-2-3-7(14)4-5-18-12-11(17)10(16)9(15)8(6-13)19-12/h2-3,7-17H,4-6H2,1H3/b3-2+. The van der Waals surface area contributed by atoms with Gasteiger partial charge in [-0.1, -0.05) is 12.2 Å². The van der Waals surface area contributed by atoms with E-state index in [1.807, 2.05) is 0 Å². The zero-order valence-electron chi connectivity index (χ0n) is 10.8. The van der Waals surface area contributed by atoms with Crippen LogP contribution in [0.4, 0.5) is 0 Å². The summed E-state index contributed by atoms with van der Waals surface area (Å²) < 4.78 is 10.4. The lowest BCUT2D eigenvalue weighted by atomic mass is 9.99. The van der Waals surface area contributed by atoms with E-state index in [0.717, 1.165) is 0 Å². The molecule has 0 amide bonds. The van der Waals surface area contributed by atoms with Crippen LogP contribution in [0.2, 0.25) is 0 Å². The lowest BCUT2D eigenvalue weighted by Crippen LogP contribution is -2.59. The van der Waals surface area contributed by atoms with E-state index in [0.29, 0.717) is 6.42 Å². The van der Waals surface area contributed by atoms with Crippen LogP contribution in [0.25, 0.3) is 0 Å². The summed E-state index contributed by atoms with van der Waals surface area (Å²) in [5.41, 5.74) is 0. The molecule has 0 aromatic heterocycles. The van der Waals surface area contributed by atoms with Gasteiger partial charge in [0, 0.05) is 6.42 Å². The Morgan fingerprint density at radius 2 is 1.89 bits per heavy atom. The molecular weight excluding hydrogens is 256 g/mol. The highest BCUT2D eigenvalue weighted by Gasteiger charge is 2.43. The molecule has 0 saturated carbocycles. The van der Waals surface area contributed by atoms with Crippen molar-refractivity contribution in [3.8, 4) is 0 Å². The van der Waals surface area contributed by atoms with Crippen molar-refractivity contribution in [2.45, 2.75) is 50.2 Å². The maximum atomic E-state index is 9.67. The molecule has 6 unspecified atom stereocenters. The van der Waals surface area contributed by atoms with E-state index >= 15 is 0 Å². The van der Waals surface area contributed by atoms with Crippen molar-refractivity contribution in [1.82, 2.24) is 0 Å². The fourth-order valence-electron chi connectivity index (χ4n) is 1.83. The molecule has 1 heterocycles. The van der Waals surface area contributed by atoms with Gasteiger partial charge in [-0.05, 0) is 6.92 Å². The smallest absolute Gasteiger partial charge is 0.186 e. The van der Waals surface area contributed by atoms with Gasteiger partial charge in [0.25, 0.3) is 0 Å². The minimum absolute atomic E-state index is 0.105. The molecule has 1 rings (SSSR count). The maximum absolute atomic E-state index is 9.67. The van der Waals surface area contributed by atoms with Crippen molar-refractivity contribution in [2.75, 3.05) is 13.2 Å². The Morgan fingerprint density at radius 3 is 2.47 bits per heavy atom. The van der Waals surface area contributed by atoms with Gasteiger partial charge in [0.2, 0.25) is 0 Å². The van der Waals surface area contributed by atoms with Crippen molar-refractivity contribution in [2.24, 2.45) is 0 Å². The largest absolute Gasteiger partial charge is 0.394 e. The Hall–Kier alpha value is -0.540. The molecule has 7 nitrogen and oxygen atoms in total. The highest BCUT2D eigenvalue weighted by atomic mass is 16.7. The van der Waals surface area contributed by atoms with Crippen LogP contribution >= 0.6 is 0 Å². The van der Waals surface area contributed by atoms with E-state index in [9.17, 15) is 20.4 Å². The van der Waals surface area contributed by atoms with E-state index in [2.05, 4.69) is 0 Å². The molecule has 0 aromatic rings. The summed E-state index contributed by atoms with van der Waals surface area (Å²) in [5.74, 6) is 0.